The third-order valence-electron chi connectivity index (χ3n) is 5.16. The number of halogens is 2. The molecular formula is C21H31Cl2NO3. The van der Waals surface area contributed by atoms with E-state index in [1.54, 1.807) is 13.8 Å². The van der Waals surface area contributed by atoms with Gasteiger partial charge in [0, 0.05) is 11.5 Å². The molecule has 1 aromatic rings. The molecule has 0 heterocycles. The van der Waals surface area contributed by atoms with Crippen molar-refractivity contribution in [3.8, 4) is 0 Å². The van der Waals surface area contributed by atoms with E-state index in [4.69, 9.17) is 32.7 Å². The second-order valence-electron chi connectivity index (χ2n) is 8.16. The molecule has 0 saturated heterocycles. The third kappa shape index (κ3) is 5.75. The maximum Gasteiger partial charge on any atom is 0.510 e. The Balaban J connectivity index is 2.20. The second kappa shape index (κ2) is 9.49. The number of hydrogen-bond acceptors (Lipinski definition) is 4. The van der Waals surface area contributed by atoms with Gasteiger partial charge in [-0.15, -0.1) is 0 Å². The molecule has 1 aliphatic rings. The molecule has 2 unspecified atom stereocenters. The largest absolute Gasteiger partial charge is 0.510 e. The van der Waals surface area contributed by atoms with Gasteiger partial charge in [0.05, 0.1) is 16.1 Å². The Morgan fingerprint density at radius 1 is 1.11 bits per heavy atom. The topological polar surface area (TPSA) is 47.6 Å². The van der Waals surface area contributed by atoms with Gasteiger partial charge in [0.15, 0.2) is 6.23 Å². The zero-order valence-corrected chi connectivity index (χ0v) is 18.4. The number of benzene rings is 1. The first kappa shape index (κ1) is 22.3. The fourth-order valence-corrected chi connectivity index (χ4v) is 4.11. The molecule has 2 atom stereocenters. The minimum atomic E-state index is -0.648. The monoisotopic (exact) mass is 415 g/mol. The van der Waals surface area contributed by atoms with Crippen LogP contribution >= 0.6 is 23.2 Å². The first-order chi connectivity index (χ1) is 12.6. The molecule has 0 radical (unpaired) electrons. The predicted molar refractivity (Wildman–Crippen MR) is 111 cm³/mol. The molecule has 6 heteroatoms. The van der Waals surface area contributed by atoms with Crippen molar-refractivity contribution < 1.29 is 14.3 Å². The van der Waals surface area contributed by atoms with Gasteiger partial charge in [-0.3, -0.25) is 5.32 Å². The normalized spacial score (nSPS) is 18.1. The van der Waals surface area contributed by atoms with E-state index in [1.165, 1.54) is 12.0 Å². The van der Waals surface area contributed by atoms with Gasteiger partial charge in [-0.2, -0.15) is 0 Å². The van der Waals surface area contributed by atoms with E-state index in [2.05, 4.69) is 25.2 Å². The van der Waals surface area contributed by atoms with Crippen LogP contribution in [0.25, 0.3) is 0 Å². The highest BCUT2D eigenvalue weighted by atomic mass is 35.5. The lowest BCUT2D eigenvalue weighted by molar-refractivity contribution is -0.00958. The summed E-state index contributed by atoms with van der Waals surface area (Å²) >= 11 is 12.4. The molecule has 0 aromatic heterocycles. The molecule has 27 heavy (non-hydrogen) atoms. The lowest BCUT2D eigenvalue weighted by Gasteiger charge is -2.50. The van der Waals surface area contributed by atoms with Crippen molar-refractivity contribution in [3.63, 3.8) is 0 Å². The molecular weight excluding hydrogens is 385 g/mol. The maximum absolute atomic E-state index is 11.8. The Morgan fingerprint density at radius 2 is 1.78 bits per heavy atom. The molecule has 1 fully saturated rings. The summed E-state index contributed by atoms with van der Waals surface area (Å²) in [4.78, 5) is 11.8. The van der Waals surface area contributed by atoms with Crippen LogP contribution < -0.4 is 5.32 Å². The van der Waals surface area contributed by atoms with Crippen molar-refractivity contribution in [1.29, 1.82) is 0 Å². The minimum Gasteiger partial charge on any atom is -0.432 e. The summed E-state index contributed by atoms with van der Waals surface area (Å²) in [6.45, 7) is 9.85. The summed E-state index contributed by atoms with van der Waals surface area (Å²) in [5.74, 6) is 0.498. The number of ether oxygens (including phenoxy) is 2. The highest BCUT2D eigenvalue weighted by Gasteiger charge is 2.46. The summed E-state index contributed by atoms with van der Waals surface area (Å²) in [7, 11) is 0. The van der Waals surface area contributed by atoms with Crippen molar-refractivity contribution in [1.82, 2.24) is 5.32 Å². The molecule has 1 aliphatic carbocycles. The summed E-state index contributed by atoms with van der Waals surface area (Å²) < 4.78 is 10.5. The van der Waals surface area contributed by atoms with Crippen LogP contribution in [0.2, 0.25) is 10.0 Å². The van der Waals surface area contributed by atoms with Crippen molar-refractivity contribution >= 4 is 29.4 Å². The van der Waals surface area contributed by atoms with Crippen LogP contribution in [0.5, 0.6) is 0 Å². The highest BCUT2D eigenvalue weighted by molar-refractivity contribution is 6.42. The first-order valence-corrected chi connectivity index (χ1v) is 10.5. The number of hydrogen-bond donors (Lipinski definition) is 1. The summed E-state index contributed by atoms with van der Waals surface area (Å²) in [5.41, 5.74) is 1.16. The van der Waals surface area contributed by atoms with Crippen molar-refractivity contribution in [3.05, 3.63) is 33.8 Å². The van der Waals surface area contributed by atoms with Crippen LogP contribution in [0.1, 0.15) is 65.9 Å². The molecule has 1 saturated carbocycles. The van der Waals surface area contributed by atoms with E-state index >= 15 is 0 Å². The van der Waals surface area contributed by atoms with E-state index in [-0.39, 0.29) is 17.6 Å². The van der Waals surface area contributed by atoms with E-state index < -0.39 is 12.4 Å². The van der Waals surface area contributed by atoms with Crippen LogP contribution in [0.3, 0.4) is 0 Å². The van der Waals surface area contributed by atoms with Gasteiger partial charge in [0.25, 0.3) is 0 Å². The van der Waals surface area contributed by atoms with Crippen LogP contribution in [-0.4, -0.2) is 24.5 Å². The van der Waals surface area contributed by atoms with Crippen molar-refractivity contribution in [2.24, 2.45) is 5.92 Å². The van der Waals surface area contributed by atoms with E-state index in [0.717, 1.165) is 19.3 Å². The van der Waals surface area contributed by atoms with Gasteiger partial charge in [0.2, 0.25) is 0 Å². The van der Waals surface area contributed by atoms with Crippen molar-refractivity contribution in [2.75, 3.05) is 0 Å². The van der Waals surface area contributed by atoms with Crippen LogP contribution in [-0.2, 0) is 14.9 Å². The molecule has 0 bridgehead atoms. The Labute approximate surface area is 172 Å². The predicted octanol–water partition coefficient (Wildman–Crippen LogP) is 6.33. The smallest absolute Gasteiger partial charge is 0.432 e. The minimum absolute atomic E-state index is 0.0297. The molecule has 152 valence electrons. The third-order valence-corrected chi connectivity index (χ3v) is 5.89. The van der Waals surface area contributed by atoms with Crippen LogP contribution in [0, 0.1) is 5.92 Å². The van der Waals surface area contributed by atoms with Crippen LogP contribution in [0.15, 0.2) is 18.2 Å². The molecule has 0 amide bonds. The number of carbonyl (C=O) groups excluding carboxylic acids is 1. The van der Waals surface area contributed by atoms with E-state index in [9.17, 15) is 4.79 Å². The Bertz CT molecular complexity index is 644. The van der Waals surface area contributed by atoms with E-state index in [0.29, 0.717) is 16.0 Å². The van der Waals surface area contributed by atoms with Gasteiger partial charge >= 0.3 is 6.16 Å². The standard InChI is InChI=1S/C21H31Cl2NO3/c1-13(2)11-19(24-15(5)27-20(25)26-14(3)4)21(9-6-10-21)16-7-8-17(22)18(23)12-16/h7-8,12-15,19,24H,6,9-11H2,1-5H3. The Morgan fingerprint density at radius 3 is 2.26 bits per heavy atom. The van der Waals surface area contributed by atoms with Gasteiger partial charge in [0.1, 0.15) is 0 Å². The zero-order chi connectivity index (χ0) is 20.2. The Hall–Kier alpha value is -0.970. The van der Waals surface area contributed by atoms with Gasteiger partial charge in [-0.25, -0.2) is 4.79 Å². The molecule has 1 N–H and O–H groups in total. The van der Waals surface area contributed by atoms with Gasteiger partial charge in [-0.1, -0.05) is 49.5 Å². The van der Waals surface area contributed by atoms with Gasteiger partial charge < -0.3 is 9.47 Å². The second-order valence-corrected chi connectivity index (χ2v) is 8.98. The molecule has 0 aliphatic heterocycles. The number of nitrogens with one attached hydrogen (secondary N) is 1. The molecule has 0 spiro atoms. The van der Waals surface area contributed by atoms with Crippen molar-refractivity contribution in [2.45, 2.75) is 84.1 Å². The van der Waals surface area contributed by atoms with Crippen LogP contribution in [0.4, 0.5) is 4.79 Å². The van der Waals surface area contributed by atoms with Gasteiger partial charge in [-0.05, 0) is 63.6 Å². The molecule has 2 rings (SSSR count). The highest BCUT2D eigenvalue weighted by Crippen LogP contribution is 2.49. The molecule has 4 nitrogen and oxygen atoms in total. The number of carbonyl (C=O) groups is 1. The fraction of sp³-hybridized carbons (Fsp3) is 0.667. The zero-order valence-electron chi connectivity index (χ0n) is 16.9. The Kier molecular flexibility index (Phi) is 7.84. The quantitative estimate of drug-likeness (QED) is 0.398. The lowest BCUT2D eigenvalue weighted by atomic mass is 9.59. The average molecular weight is 416 g/mol. The first-order valence-electron chi connectivity index (χ1n) is 9.73. The lowest BCUT2D eigenvalue weighted by Crippen LogP contribution is -2.56. The van der Waals surface area contributed by atoms with E-state index in [1.807, 2.05) is 19.1 Å². The average Bonchev–Trinajstić information content (AvgIpc) is 2.47. The SMILES string of the molecule is CC(C)CC(NC(C)OC(=O)OC(C)C)C1(c2ccc(Cl)c(Cl)c2)CCC1. The number of rotatable bonds is 8. The summed E-state index contributed by atoms with van der Waals surface area (Å²) in [5, 5.41) is 4.67. The summed E-state index contributed by atoms with van der Waals surface area (Å²) in [6.07, 6.45) is 2.97. The fourth-order valence-electron chi connectivity index (χ4n) is 3.81. The maximum atomic E-state index is 11.8. The molecule has 1 aromatic carbocycles. The summed E-state index contributed by atoms with van der Waals surface area (Å²) in [6, 6.07) is 6.08.